The monoisotopic (exact) mass is 502 g/mol. The predicted molar refractivity (Wildman–Crippen MR) is 128 cm³/mol. The zero-order valence-corrected chi connectivity index (χ0v) is 21.5. The van der Waals surface area contributed by atoms with Gasteiger partial charge in [0.05, 0.1) is 6.10 Å². The summed E-state index contributed by atoms with van der Waals surface area (Å²) in [4.78, 5) is 50.3. The van der Waals surface area contributed by atoms with Crippen molar-refractivity contribution in [2.75, 3.05) is 6.67 Å². The number of hydrogen-bond acceptors (Lipinski definition) is 7. The van der Waals surface area contributed by atoms with Crippen molar-refractivity contribution in [3.8, 4) is 0 Å². The van der Waals surface area contributed by atoms with Crippen LogP contribution < -0.4 is 0 Å². The third-order valence-corrected chi connectivity index (χ3v) is 9.27. The van der Waals surface area contributed by atoms with E-state index < -0.39 is 52.8 Å². The molecule has 0 aromatic rings. The lowest BCUT2D eigenvalue weighted by Crippen LogP contribution is -2.63. The number of ketones is 2. The van der Waals surface area contributed by atoms with E-state index >= 15 is 0 Å². The Kier molecular flexibility index (Phi) is 6.65. The van der Waals surface area contributed by atoms with Crippen LogP contribution in [0.1, 0.15) is 60.3 Å². The number of carbonyl (C=O) groups excluding carboxylic acids is 4. The smallest absolute Gasteiger partial charge is 0.310 e. The second kappa shape index (κ2) is 9.05. The highest BCUT2D eigenvalue weighted by atomic mass is 19.1. The highest BCUT2D eigenvalue weighted by Gasteiger charge is 2.72. The summed E-state index contributed by atoms with van der Waals surface area (Å²) in [5.41, 5.74) is -3.04. The summed E-state index contributed by atoms with van der Waals surface area (Å²) in [6.07, 6.45) is 6.24. The van der Waals surface area contributed by atoms with Crippen LogP contribution in [-0.2, 0) is 28.7 Å². The summed E-state index contributed by atoms with van der Waals surface area (Å²) in [6.45, 7) is 7.51. The number of alkyl halides is 1. The number of hydrogen-bond donors (Lipinski definition) is 1. The Bertz CT molecular complexity index is 1090. The lowest BCUT2D eigenvalue weighted by atomic mass is 9.47. The van der Waals surface area contributed by atoms with Crippen molar-refractivity contribution < 1.29 is 38.1 Å². The maximum atomic E-state index is 14.0. The largest absolute Gasteiger partial charge is 0.450 e. The zero-order chi connectivity index (χ0) is 26.6. The van der Waals surface area contributed by atoms with Gasteiger partial charge in [-0.15, -0.1) is 0 Å². The minimum Gasteiger partial charge on any atom is -0.450 e. The van der Waals surface area contributed by atoms with Crippen molar-refractivity contribution in [1.82, 2.24) is 0 Å². The van der Waals surface area contributed by atoms with Crippen LogP contribution in [0.5, 0.6) is 0 Å². The first-order valence-corrected chi connectivity index (χ1v) is 12.8. The molecule has 0 aromatic carbocycles. The van der Waals surface area contributed by atoms with E-state index in [9.17, 15) is 28.7 Å². The van der Waals surface area contributed by atoms with Crippen LogP contribution in [0.2, 0.25) is 0 Å². The minimum atomic E-state index is -1.71. The molecule has 1 N–H and O–H groups in total. The number of Topliss-reactive ketones (excluding diaryl/α,β-unsaturated/α-hetero) is 1. The number of aliphatic hydroxyl groups is 1. The molecule has 4 aliphatic carbocycles. The summed E-state index contributed by atoms with van der Waals surface area (Å²) in [5, 5.41) is 11.6. The number of aliphatic hydroxyl groups excluding tert-OH is 1. The summed E-state index contributed by atoms with van der Waals surface area (Å²) in [7, 11) is 0. The molecule has 0 saturated heterocycles. The number of rotatable bonds is 6. The molecule has 0 spiro atoms. The Morgan fingerprint density at radius 1 is 1.17 bits per heavy atom. The Labute approximate surface area is 210 Å². The molecule has 196 valence electrons. The van der Waals surface area contributed by atoms with Crippen LogP contribution in [0.3, 0.4) is 0 Å². The SMILES string of the molecule is CCC(=O)OC1=C[C@@H]2[C@H]([C@@H](O)C[C@@]3(C)[C@H]2C[C@H](C)[C@@]3(OC(=O)CC)C(=O)CF)[C@@]2(C)C=CC(=O)C=C12. The van der Waals surface area contributed by atoms with Gasteiger partial charge in [0, 0.05) is 41.1 Å². The first-order valence-electron chi connectivity index (χ1n) is 12.8. The van der Waals surface area contributed by atoms with E-state index in [0.29, 0.717) is 12.0 Å². The maximum Gasteiger partial charge on any atom is 0.310 e. The first kappa shape index (κ1) is 26.5. The van der Waals surface area contributed by atoms with Crippen LogP contribution in [0, 0.1) is 34.5 Å². The number of carbonyl (C=O) groups is 4. The van der Waals surface area contributed by atoms with Gasteiger partial charge < -0.3 is 14.6 Å². The Morgan fingerprint density at radius 3 is 2.44 bits per heavy atom. The van der Waals surface area contributed by atoms with Gasteiger partial charge in [0.25, 0.3) is 0 Å². The van der Waals surface area contributed by atoms with Gasteiger partial charge in [-0.3, -0.25) is 19.2 Å². The lowest BCUT2D eigenvalue weighted by molar-refractivity contribution is -0.201. The summed E-state index contributed by atoms with van der Waals surface area (Å²) >= 11 is 0. The van der Waals surface area contributed by atoms with Crippen molar-refractivity contribution in [3.63, 3.8) is 0 Å². The molecule has 2 fully saturated rings. The average molecular weight is 503 g/mol. The minimum absolute atomic E-state index is 0.0332. The molecule has 2 saturated carbocycles. The fraction of sp³-hybridized carbons (Fsp3) is 0.643. The fourth-order valence-corrected chi connectivity index (χ4v) is 7.70. The molecular weight excluding hydrogens is 467 g/mol. The lowest BCUT2D eigenvalue weighted by Gasteiger charge is -2.58. The molecule has 4 rings (SSSR count). The zero-order valence-electron chi connectivity index (χ0n) is 21.5. The van der Waals surface area contributed by atoms with Gasteiger partial charge >= 0.3 is 11.9 Å². The van der Waals surface area contributed by atoms with E-state index in [2.05, 4.69) is 0 Å². The first-order chi connectivity index (χ1) is 16.9. The Hall–Kier alpha value is -2.61. The van der Waals surface area contributed by atoms with Crippen molar-refractivity contribution in [2.45, 2.75) is 72.0 Å². The van der Waals surface area contributed by atoms with Gasteiger partial charge in [-0.25, -0.2) is 4.39 Å². The highest BCUT2D eigenvalue weighted by molar-refractivity contribution is 6.02. The number of allylic oxidation sites excluding steroid dienone is 5. The molecule has 8 atom stereocenters. The molecule has 0 aromatic heterocycles. The van der Waals surface area contributed by atoms with Crippen LogP contribution in [0.15, 0.2) is 35.6 Å². The quantitative estimate of drug-likeness (QED) is 0.551. The molecule has 0 aliphatic heterocycles. The van der Waals surface area contributed by atoms with E-state index in [-0.39, 0.29) is 48.6 Å². The summed E-state index contributed by atoms with van der Waals surface area (Å²) in [5.74, 6) is -3.33. The van der Waals surface area contributed by atoms with Crippen molar-refractivity contribution in [3.05, 3.63) is 35.6 Å². The molecule has 0 heterocycles. The molecule has 0 unspecified atom stereocenters. The number of fused-ring (bicyclic) bond motifs is 5. The maximum absolute atomic E-state index is 14.0. The second-order valence-electron chi connectivity index (χ2n) is 11.1. The van der Waals surface area contributed by atoms with Gasteiger partial charge in [0.2, 0.25) is 5.78 Å². The van der Waals surface area contributed by atoms with Gasteiger partial charge in [-0.05, 0) is 42.9 Å². The summed E-state index contributed by atoms with van der Waals surface area (Å²) < 4.78 is 25.6. The van der Waals surface area contributed by atoms with Gasteiger partial charge in [0.1, 0.15) is 5.76 Å². The van der Waals surface area contributed by atoms with Crippen LogP contribution in [0.25, 0.3) is 0 Å². The van der Waals surface area contributed by atoms with Crippen molar-refractivity contribution in [1.29, 1.82) is 0 Å². The molecular formula is C28H35FO7. The molecule has 7 nitrogen and oxygen atoms in total. The average Bonchev–Trinajstić information content (AvgIpc) is 3.05. The van der Waals surface area contributed by atoms with Crippen molar-refractivity contribution in [2.24, 2.45) is 34.5 Å². The van der Waals surface area contributed by atoms with Crippen LogP contribution in [0.4, 0.5) is 4.39 Å². The van der Waals surface area contributed by atoms with E-state index in [4.69, 9.17) is 9.47 Å². The topological polar surface area (TPSA) is 107 Å². The second-order valence-corrected chi connectivity index (χ2v) is 11.1. The van der Waals surface area contributed by atoms with E-state index in [1.54, 1.807) is 39.8 Å². The molecule has 4 aliphatic rings. The number of esters is 2. The molecule has 8 heteroatoms. The van der Waals surface area contributed by atoms with E-state index in [1.165, 1.54) is 12.2 Å². The molecule has 36 heavy (non-hydrogen) atoms. The van der Waals surface area contributed by atoms with Gasteiger partial charge in [-0.1, -0.05) is 40.7 Å². The van der Waals surface area contributed by atoms with Crippen molar-refractivity contribution >= 4 is 23.5 Å². The van der Waals surface area contributed by atoms with E-state index in [1.807, 2.05) is 6.92 Å². The number of ether oxygens (including phenoxy) is 2. The number of halogens is 1. The third-order valence-electron chi connectivity index (χ3n) is 9.27. The molecule has 0 bridgehead atoms. The van der Waals surface area contributed by atoms with Gasteiger partial charge in [-0.2, -0.15) is 0 Å². The molecule has 0 radical (unpaired) electrons. The molecule has 0 amide bonds. The standard InChI is InChI=1S/C28H35FO7/c1-6-23(33)35-21-12-17-18-10-15(3)28(22(32)14-29,36-24(34)7-2)27(18,5)13-20(31)25(17)26(4)9-8-16(30)11-19(21)26/h8-9,11-12,15,17-18,20,25,31H,6-7,10,13-14H2,1-5H3/t15-,17-,18-,20-,25+,26-,27-,28+/m0/s1. The van der Waals surface area contributed by atoms with Gasteiger partial charge in [0.15, 0.2) is 18.1 Å². The fourth-order valence-electron chi connectivity index (χ4n) is 7.70. The summed E-state index contributed by atoms with van der Waals surface area (Å²) in [6, 6.07) is 0. The van der Waals surface area contributed by atoms with E-state index in [0.717, 1.165) is 0 Å². The van der Waals surface area contributed by atoms with Crippen LogP contribution in [-0.4, -0.2) is 47.0 Å². The Balaban J connectivity index is 1.90. The highest BCUT2D eigenvalue weighted by Crippen LogP contribution is 2.68. The van der Waals surface area contributed by atoms with Crippen LogP contribution >= 0.6 is 0 Å². The normalized spacial score (nSPS) is 40.9. The predicted octanol–water partition coefficient (Wildman–Crippen LogP) is 3.80. The Morgan fingerprint density at radius 2 is 1.83 bits per heavy atom. The third kappa shape index (κ3) is 3.55.